The topological polar surface area (TPSA) is 83.4 Å². The molecule has 2 aromatic rings. The van der Waals surface area contributed by atoms with Crippen LogP contribution in [0.3, 0.4) is 0 Å². The van der Waals surface area contributed by atoms with Gasteiger partial charge in [-0.2, -0.15) is 0 Å². The van der Waals surface area contributed by atoms with Crippen molar-refractivity contribution in [1.29, 1.82) is 0 Å². The second kappa shape index (κ2) is 6.42. The number of hydrazine groups is 1. The fourth-order valence-electron chi connectivity index (χ4n) is 1.55. The number of benzene rings is 1. The minimum atomic E-state index is -0.430. The Morgan fingerprint density at radius 2 is 1.95 bits per heavy atom. The maximum Gasteiger partial charge on any atom is 0.287 e. The summed E-state index contributed by atoms with van der Waals surface area (Å²) in [6.07, 6.45) is 1.40. The molecule has 0 aliphatic carbocycles. The number of para-hydroxylation sites is 1. The third kappa shape index (κ3) is 3.61. The van der Waals surface area contributed by atoms with Gasteiger partial charge in [0.25, 0.3) is 11.8 Å². The Bertz CT molecular complexity index is 593. The van der Waals surface area contributed by atoms with Crippen molar-refractivity contribution in [3.8, 4) is 0 Å². The molecule has 6 heteroatoms. The standard InChI is InChI=1S/C14H15N3O3/c1-10-5-2-3-6-11(10)16-17-13(18)9-15-14(19)12-7-4-8-20-12/h2-8,16H,9H2,1H3,(H,15,19)(H,17,18). The number of carbonyl (C=O) groups excluding carboxylic acids is 2. The Hall–Kier alpha value is -2.76. The Morgan fingerprint density at radius 1 is 1.15 bits per heavy atom. The Labute approximate surface area is 116 Å². The first-order chi connectivity index (χ1) is 9.66. The van der Waals surface area contributed by atoms with E-state index in [1.807, 2.05) is 31.2 Å². The Morgan fingerprint density at radius 3 is 2.65 bits per heavy atom. The molecular formula is C14H15N3O3. The lowest BCUT2D eigenvalue weighted by atomic mass is 10.2. The second-order valence-electron chi connectivity index (χ2n) is 4.15. The molecular weight excluding hydrogens is 258 g/mol. The smallest absolute Gasteiger partial charge is 0.287 e. The molecule has 0 atom stereocenters. The molecule has 2 rings (SSSR count). The number of rotatable bonds is 5. The summed E-state index contributed by atoms with van der Waals surface area (Å²) in [5, 5.41) is 2.45. The summed E-state index contributed by atoms with van der Waals surface area (Å²) in [7, 11) is 0. The molecule has 104 valence electrons. The van der Waals surface area contributed by atoms with Gasteiger partial charge in [0, 0.05) is 0 Å². The molecule has 0 aliphatic heterocycles. The summed E-state index contributed by atoms with van der Waals surface area (Å²) < 4.78 is 4.91. The van der Waals surface area contributed by atoms with E-state index in [1.54, 1.807) is 6.07 Å². The van der Waals surface area contributed by atoms with Gasteiger partial charge in [-0.05, 0) is 30.7 Å². The predicted molar refractivity (Wildman–Crippen MR) is 74.0 cm³/mol. The van der Waals surface area contributed by atoms with Crippen LogP contribution in [0.15, 0.2) is 47.1 Å². The third-order valence-corrected chi connectivity index (χ3v) is 2.64. The van der Waals surface area contributed by atoms with Crippen LogP contribution in [0.1, 0.15) is 16.1 Å². The van der Waals surface area contributed by atoms with Crippen LogP contribution in [0, 0.1) is 6.92 Å². The molecule has 0 unspecified atom stereocenters. The molecule has 1 aromatic carbocycles. The molecule has 1 heterocycles. The van der Waals surface area contributed by atoms with Crippen molar-refractivity contribution in [1.82, 2.24) is 10.7 Å². The van der Waals surface area contributed by atoms with E-state index in [0.29, 0.717) is 0 Å². The summed E-state index contributed by atoms with van der Waals surface area (Å²) in [5.41, 5.74) is 7.11. The van der Waals surface area contributed by atoms with Crippen molar-refractivity contribution >= 4 is 17.5 Å². The normalized spacial score (nSPS) is 9.85. The zero-order valence-corrected chi connectivity index (χ0v) is 11.0. The average molecular weight is 273 g/mol. The van der Waals surface area contributed by atoms with Crippen LogP contribution < -0.4 is 16.2 Å². The molecule has 3 N–H and O–H groups in total. The van der Waals surface area contributed by atoms with Gasteiger partial charge in [0.2, 0.25) is 0 Å². The fraction of sp³-hybridized carbons (Fsp3) is 0.143. The van der Waals surface area contributed by atoms with E-state index in [0.717, 1.165) is 11.3 Å². The van der Waals surface area contributed by atoms with Crippen molar-refractivity contribution < 1.29 is 14.0 Å². The first-order valence-corrected chi connectivity index (χ1v) is 6.09. The first-order valence-electron chi connectivity index (χ1n) is 6.09. The Kier molecular flexibility index (Phi) is 4.39. The third-order valence-electron chi connectivity index (χ3n) is 2.64. The van der Waals surface area contributed by atoms with E-state index >= 15 is 0 Å². The summed E-state index contributed by atoms with van der Waals surface area (Å²) in [5.74, 6) is -0.612. The van der Waals surface area contributed by atoms with Gasteiger partial charge in [-0.15, -0.1) is 0 Å². The van der Waals surface area contributed by atoms with Crippen LogP contribution in [-0.2, 0) is 4.79 Å². The monoisotopic (exact) mass is 273 g/mol. The molecule has 0 saturated heterocycles. The number of furan rings is 1. The zero-order chi connectivity index (χ0) is 14.4. The minimum Gasteiger partial charge on any atom is -0.459 e. The Balaban J connectivity index is 1.76. The molecule has 0 saturated carbocycles. The van der Waals surface area contributed by atoms with Gasteiger partial charge < -0.3 is 9.73 Å². The summed E-state index contributed by atoms with van der Waals surface area (Å²) in [6.45, 7) is 1.78. The van der Waals surface area contributed by atoms with Crippen molar-refractivity contribution in [2.24, 2.45) is 0 Å². The minimum absolute atomic E-state index is 0.140. The van der Waals surface area contributed by atoms with Crippen LogP contribution in [0.2, 0.25) is 0 Å². The molecule has 2 amide bonds. The number of aryl methyl sites for hydroxylation is 1. The van der Waals surface area contributed by atoms with Crippen molar-refractivity contribution in [3.63, 3.8) is 0 Å². The van der Waals surface area contributed by atoms with Crippen LogP contribution in [0.4, 0.5) is 5.69 Å². The van der Waals surface area contributed by atoms with Gasteiger partial charge in [0.1, 0.15) is 0 Å². The number of anilines is 1. The van der Waals surface area contributed by atoms with E-state index in [4.69, 9.17) is 4.42 Å². The number of carbonyl (C=O) groups is 2. The lowest BCUT2D eigenvalue weighted by Crippen LogP contribution is -2.39. The van der Waals surface area contributed by atoms with Crippen LogP contribution in [0.25, 0.3) is 0 Å². The first kappa shape index (κ1) is 13.7. The second-order valence-corrected chi connectivity index (χ2v) is 4.15. The highest BCUT2D eigenvalue weighted by Crippen LogP contribution is 2.11. The highest BCUT2D eigenvalue weighted by atomic mass is 16.3. The summed E-state index contributed by atoms with van der Waals surface area (Å²) >= 11 is 0. The van der Waals surface area contributed by atoms with Crippen LogP contribution in [0.5, 0.6) is 0 Å². The quantitative estimate of drug-likeness (QED) is 0.720. The van der Waals surface area contributed by atoms with E-state index < -0.39 is 5.91 Å². The number of amides is 2. The number of hydrogen-bond donors (Lipinski definition) is 3. The van der Waals surface area contributed by atoms with Gasteiger partial charge in [-0.25, -0.2) is 0 Å². The molecule has 6 nitrogen and oxygen atoms in total. The number of nitrogens with one attached hydrogen (secondary N) is 3. The van der Waals surface area contributed by atoms with Crippen molar-refractivity contribution in [2.45, 2.75) is 6.92 Å². The molecule has 0 fully saturated rings. The van der Waals surface area contributed by atoms with Gasteiger partial charge in [0.05, 0.1) is 18.5 Å². The van der Waals surface area contributed by atoms with Crippen LogP contribution in [-0.4, -0.2) is 18.4 Å². The molecule has 0 aliphatic rings. The van der Waals surface area contributed by atoms with E-state index in [9.17, 15) is 9.59 Å². The van der Waals surface area contributed by atoms with E-state index in [2.05, 4.69) is 16.2 Å². The molecule has 20 heavy (non-hydrogen) atoms. The molecule has 1 aromatic heterocycles. The van der Waals surface area contributed by atoms with Gasteiger partial charge in [-0.1, -0.05) is 18.2 Å². The van der Waals surface area contributed by atoms with Crippen molar-refractivity contribution in [3.05, 3.63) is 54.0 Å². The van der Waals surface area contributed by atoms with Gasteiger partial charge in [0.15, 0.2) is 5.76 Å². The lowest BCUT2D eigenvalue weighted by molar-refractivity contribution is -0.119. The van der Waals surface area contributed by atoms with Gasteiger partial charge >= 0.3 is 0 Å². The maximum atomic E-state index is 11.6. The van der Waals surface area contributed by atoms with E-state index in [-0.39, 0.29) is 18.2 Å². The van der Waals surface area contributed by atoms with E-state index in [1.165, 1.54) is 12.3 Å². The van der Waals surface area contributed by atoms with Crippen molar-refractivity contribution in [2.75, 3.05) is 12.0 Å². The van der Waals surface area contributed by atoms with Crippen LogP contribution >= 0.6 is 0 Å². The van der Waals surface area contributed by atoms with Gasteiger partial charge in [-0.3, -0.25) is 20.4 Å². The highest BCUT2D eigenvalue weighted by molar-refractivity contribution is 5.94. The highest BCUT2D eigenvalue weighted by Gasteiger charge is 2.09. The number of hydrogen-bond acceptors (Lipinski definition) is 4. The molecule has 0 radical (unpaired) electrons. The fourth-order valence-corrected chi connectivity index (χ4v) is 1.55. The maximum absolute atomic E-state index is 11.6. The zero-order valence-electron chi connectivity index (χ0n) is 11.0. The predicted octanol–water partition coefficient (Wildman–Crippen LogP) is 1.46. The summed E-state index contributed by atoms with van der Waals surface area (Å²) in [6, 6.07) is 10.7. The molecule has 0 bridgehead atoms. The molecule has 0 spiro atoms. The average Bonchev–Trinajstić information content (AvgIpc) is 2.98. The largest absolute Gasteiger partial charge is 0.459 e. The SMILES string of the molecule is Cc1ccccc1NNC(=O)CNC(=O)c1ccco1. The lowest BCUT2D eigenvalue weighted by Gasteiger charge is -2.10. The summed E-state index contributed by atoms with van der Waals surface area (Å²) in [4.78, 5) is 23.1.